The molecular formula is C20H39N5O. The van der Waals surface area contributed by atoms with Gasteiger partial charge in [-0.3, -0.25) is 9.80 Å². The molecule has 6 heteroatoms. The van der Waals surface area contributed by atoms with Crippen LogP contribution in [0.4, 0.5) is 4.79 Å². The number of piperidine rings is 1. The lowest BCUT2D eigenvalue weighted by Crippen LogP contribution is -2.59. The van der Waals surface area contributed by atoms with Crippen LogP contribution in [-0.4, -0.2) is 114 Å². The summed E-state index contributed by atoms with van der Waals surface area (Å²) >= 11 is 0. The monoisotopic (exact) mass is 365 g/mol. The third-order valence-electron chi connectivity index (χ3n) is 6.65. The zero-order valence-corrected chi connectivity index (χ0v) is 17.4. The lowest BCUT2D eigenvalue weighted by atomic mass is 10.0. The number of piperazine rings is 2. The second kappa shape index (κ2) is 8.89. The first-order chi connectivity index (χ1) is 12.5. The van der Waals surface area contributed by atoms with E-state index in [1.165, 1.54) is 25.9 Å². The summed E-state index contributed by atoms with van der Waals surface area (Å²) in [6.45, 7) is 19.2. The van der Waals surface area contributed by atoms with Crippen molar-refractivity contribution < 1.29 is 4.79 Å². The van der Waals surface area contributed by atoms with E-state index in [0.29, 0.717) is 12.1 Å². The van der Waals surface area contributed by atoms with Crippen LogP contribution in [0, 0.1) is 0 Å². The number of hydrogen-bond acceptors (Lipinski definition) is 4. The van der Waals surface area contributed by atoms with E-state index in [9.17, 15) is 4.79 Å². The van der Waals surface area contributed by atoms with Gasteiger partial charge < -0.3 is 14.7 Å². The van der Waals surface area contributed by atoms with Crippen molar-refractivity contribution in [2.24, 2.45) is 0 Å². The van der Waals surface area contributed by atoms with Crippen LogP contribution in [0.25, 0.3) is 0 Å². The van der Waals surface area contributed by atoms with Gasteiger partial charge in [0.25, 0.3) is 0 Å². The molecule has 0 aromatic carbocycles. The third-order valence-corrected chi connectivity index (χ3v) is 6.65. The average Bonchev–Trinajstić information content (AvgIpc) is 2.67. The SMILES string of the molecule is CC(C)N1CCC(N2CCN(C(=O)N3CCN(C(C)C)CC3)CC2)CC1. The fourth-order valence-electron chi connectivity index (χ4n) is 4.68. The minimum Gasteiger partial charge on any atom is -0.322 e. The first-order valence-electron chi connectivity index (χ1n) is 10.7. The van der Waals surface area contributed by atoms with Crippen molar-refractivity contribution in [2.45, 2.75) is 58.7 Å². The molecule has 3 aliphatic rings. The number of carbonyl (C=O) groups is 1. The molecule has 150 valence electrons. The summed E-state index contributed by atoms with van der Waals surface area (Å²) in [5, 5.41) is 0. The number of rotatable bonds is 3. The van der Waals surface area contributed by atoms with Crippen molar-refractivity contribution in [1.82, 2.24) is 24.5 Å². The van der Waals surface area contributed by atoms with E-state index in [1.807, 2.05) is 0 Å². The molecule has 3 heterocycles. The Bertz CT molecular complexity index is 445. The molecule has 0 N–H and O–H groups in total. The van der Waals surface area contributed by atoms with E-state index in [1.54, 1.807) is 0 Å². The number of hydrogen-bond donors (Lipinski definition) is 0. The first-order valence-corrected chi connectivity index (χ1v) is 10.7. The lowest BCUT2D eigenvalue weighted by molar-refractivity contribution is 0.0479. The predicted octanol–water partition coefficient (Wildman–Crippen LogP) is 1.62. The standard InChI is InChI=1S/C20H39N5O/c1-17(2)21-7-5-19(6-8-21)23-11-15-25(16-12-23)20(26)24-13-9-22(10-14-24)18(3)4/h17-19H,5-16H2,1-4H3. The molecule has 0 radical (unpaired) electrons. The Labute approximate surface area is 160 Å². The van der Waals surface area contributed by atoms with Crippen LogP contribution in [0.5, 0.6) is 0 Å². The molecule has 0 aromatic heterocycles. The number of amides is 2. The van der Waals surface area contributed by atoms with Crippen LogP contribution in [0.3, 0.4) is 0 Å². The van der Waals surface area contributed by atoms with E-state index in [4.69, 9.17) is 0 Å². The van der Waals surface area contributed by atoms with Crippen LogP contribution in [0.15, 0.2) is 0 Å². The summed E-state index contributed by atoms with van der Waals surface area (Å²) < 4.78 is 0. The van der Waals surface area contributed by atoms with Gasteiger partial charge in [0, 0.05) is 70.5 Å². The predicted molar refractivity (Wildman–Crippen MR) is 107 cm³/mol. The molecule has 2 amide bonds. The van der Waals surface area contributed by atoms with Crippen LogP contribution < -0.4 is 0 Å². The van der Waals surface area contributed by atoms with Gasteiger partial charge in [-0.25, -0.2) is 4.79 Å². The second-order valence-electron chi connectivity index (χ2n) is 8.78. The Kier molecular flexibility index (Phi) is 6.81. The number of carbonyl (C=O) groups excluding carboxylic acids is 1. The highest BCUT2D eigenvalue weighted by Gasteiger charge is 2.31. The second-order valence-corrected chi connectivity index (χ2v) is 8.78. The van der Waals surface area contributed by atoms with Crippen molar-refractivity contribution in [3.63, 3.8) is 0 Å². The summed E-state index contributed by atoms with van der Waals surface area (Å²) in [6, 6.07) is 2.24. The number of nitrogens with zero attached hydrogens (tertiary/aromatic N) is 5. The Balaban J connectivity index is 1.40. The highest BCUT2D eigenvalue weighted by molar-refractivity contribution is 5.74. The van der Waals surface area contributed by atoms with E-state index in [2.05, 4.69) is 52.2 Å². The molecule has 0 saturated carbocycles. The smallest absolute Gasteiger partial charge is 0.320 e. The maximum absolute atomic E-state index is 12.8. The van der Waals surface area contributed by atoms with Gasteiger partial charge in [-0.2, -0.15) is 0 Å². The van der Waals surface area contributed by atoms with Gasteiger partial charge in [-0.15, -0.1) is 0 Å². The zero-order valence-electron chi connectivity index (χ0n) is 17.4. The maximum atomic E-state index is 12.8. The summed E-state index contributed by atoms with van der Waals surface area (Å²) in [5.74, 6) is 0. The van der Waals surface area contributed by atoms with Crippen molar-refractivity contribution >= 4 is 6.03 Å². The largest absolute Gasteiger partial charge is 0.322 e. The fraction of sp³-hybridized carbons (Fsp3) is 0.950. The van der Waals surface area contributed by atoms with Crippen molar-refractivity contribution in [3.8, 4) is 0 Å². The van der Waals surface area contributed by atoms with E-state index < -0.39 is 0 Å². The Morgan fingerprint density at radius 3 is 1.54 bits per heavy atom. The molecule has 0 atom stereocenters. The Morgan fingerprint density at radius 1 is 0.654 bits per heavy atom. The van der Waals surface area contributed by atoms with Crippen LogP contribution >= 0.6 is 0 Å². The van der Waals surface area contributed by atoms with Gasteiger partial charge in [0.05, 0.1) is 0 Å². The molecule has 3 rings (SSSR count). The number of likely N-dealkylation sites (tertiary alicyclic amines) is 1. The first kappa shape index (κ1) is 19.9. The maximum Gasteiger partial charge on any atom is 0.320 e. The molecule has 6 nitrogen and oxygen atoms in total. The lowest BCUT2D eigenvalue weighted by Gasteiger charge is -2.45. The van der Waals surface area contributed by atoms with Crippen LogP contribution in [0.2, 0.25) is 0 Å². The molecule has 3 saturated heterocycles. The van der Waals surface area contributed by atoms with Crippen LogP contribution in [-0.2, 0) is 0 Å². The fourth-order valence-corrected chi connectivity index (χ4v) is 4.68. The minimum absolute atomic E-state index is 0.266. The van der Waals surface area contributed by atoms with E-state index in [-0.39, 0.29) is 6.03 Å². The van der Waals surface area contributed by atoms with Crippen molar-refractivity contribution in [2.75, 3.05) is 65.4 Å². The van der Waals surface area contributed by atoms with Crippen molar-refractivity contribution in [1.29, 1.82) is 0 Å². The summed E-state index contributed by atoms with van der Waals surface area (Å²) in [4.78, 5) is 24.7. The third kappa shape index (κ3) is 4.70. The van der Waals surface area contributed by atoms with Gasteiger partial charge in [0.1, 0.15) is 0 Å². The van der Waals surface area contributed by atoms with E-state index >= 15 is 0 Å². The van der Waals surface area contributed by atoms with E-state index in [0.717, 1.165) is 58.4 Å². The van der Waals surface area contributed by atoms with Gasteiger partial charge >= 0.3 is 6.03 Å². The molecule has 0 aliphatic carbocycles. The molecule has 3 fully saturated rings. The number of urea groups is 1. The highest BCUT2D eigenvalue weighted by Crippen LogP contribution is 2.20. The van der Waals surface area contributed by atoms with Gasteiger partial charge in [-0.05, 0) is 53.6 Å². The topological polar surface area (TPSA) is 33.3 Å². The van der Waals surface area contributed by atoms with Gasteiger partial charge in [-0.1, -0.05) is 0 Å². The Morgan fingerprint density at radius 2 is 1.08 bits per heavy atom. The van der Waals surface area contributed by atoms with Crippen LogP contribution in [0.1, 0.15) is 40.5 Å². The highest BCUT2D eigenvalue weighted by atomic mass is 16.2. The molecular weight excluding hydrogens is 326 g/mol. The Hall–Kier alpha value is -0.850. The molecule has 0 bridgehead atoms. The molecule has 0 aromatic rings. The normalized spacial score (nSPS) is 25.5. The van der Waals surface area contributed by atoms with Gasteiger partial charge in [0.2, 0.25) is 0 Å². The molecule has 0 unspecified atom stereocenters. The summed E-state index contributed by atoms with van der Waals surface area (Å²) in [6.07, 6.45) is 2.56. The quantitative estimate of drug-likeness (QED) is 0.761. The molecule has 26 heavy (non-hydrogen) atoms. The van der Waals surface area contributed by atoms with Gasteiger partial charge in [0.15, 0.2) is 0 Å². The molecule has 0 spiro atoms. The minimum atomic E-state index is 0.266. The summed E-state index contributed by atoms with van der Waals surface area (Å²) in [7, 11) is 0. The molecule has 3 aliphatic heterocycles. The average molecular weight is 366 g/mol. The van der Waals surface area contributed by atoms with Crippen molar-refractivity contribution in [3.05, 3.63) is 0 Å². The summed E-state index contributed by atoms with van der Waals surface area (Å²) in [5.41, 5.74) is 0. The zero-order chi connectivity index (χ0) is 18.7.